The second-order valence-electron chi connectivity index (χ2n) is 8.28. The van der Waals surface area contributed by atoms with Gasteiger partial charge in [-0.1, -0.05) is 83.0 Å². The van der Waals surface area contributed by atoms with Crippen LogP contribution in [0.5, 0.6) is 5.75 Å². The van der Waals surface area contributed by atoms with Crippen molar-refractivity contribution in [3.63, 3.8) is 0 Å². The molecular formula is C28H26N4O4. The van der Waals surface area contributed by atoms with E-state index >= 15 is 0 Å². The average molecular weight is 483 g/mol. The van der Waals surface area contributed by atoms with Crippen LogP contribution >= 0.6 is 0 Å². The molecule has 0 aliphatic rings. The normalized spacial score (nSPS) is 10.9. The molecule has 5 aromatic rings. The third-order valence-corrected chi connectivity index (χ3v) is 5.83. The first-order valence-electron chi connectivity index (χ1n) is 11.7. The van der Waals surface area contributed by atoms with Crippen LogP contribution in [0, 0.1) is 0 Å². The van der Waals surface area contributed by atoms with Crippen LogP contribution < -0.4 is 10.1 Å². The number of hydrogen-bond acceptors (Lipinski definition) is 7. The number of benzene rings is 3. The number of ether oxygens (including phenoxy) is 2. The van der Waals surface area contributed by atoms with E-state index in [9.17, 15) is 4.79 Å². The van der Waals surface area contributed by atoms with Gasteiger partial charge in [-0.05, 0) is 29.2 Å². The lowest BCUT2D eigenvalue weighted by Crippen LogP contribution is -2.05. The maximum atomic E-state index is 11.5. The number of nitrogens with zero attached hydrogens (tertiary/aromatic N) is 3. The molecule has 0 fully saturated rings. The number of aromatic nitrogens is 3. The van der Waals surface area contributed by atoms with Gasteiger partial charge in [0, 0.05) is 24.7 Å². The van der Waals surface area contributed by atoms with E-state index in [2.05, 4.69) is 61.3 Å². The molecular weight excluding hydrogens is 456 g/mol. The van der Waals surface area contributed by atoms with Gasteiger partial charge in [0.05, 0.1) is 12.6 Å². The SMILES string of the molecule is COC(=O)c1nnc(NCCc2cn(Cc3ccccc3)c3c(OCc4ccccc4)cccc23)o1. The molecule has 3 aromatic carbocycles. The van der Waals surface area contributed by atoms with Crippen molar-refractivity contribution in [1.82, 2.24) is 14.8 Å². The molecule has 0 bridgehead atoms. The van der Waals surface area contributed by atoms with Crippen molar-refractivity contribution in [3.05, 3.63) is 108 Å². The summed E-state index contributed by atoms with van der Waals surface area (Å²) >= 11 is 0. The fourth-order valence-corrected chi connectivity index (χ4v) is 4.12. The first-order chi connectivity index (χ1) is 17.7. The van der Waals surface area contributed by atoms with Crippen molar-refractivity contribution in [2.75, 3.05) is 19.0 Å². The maximum absolute atomic E-state index is 11.5. The summed E-state index contributed by atoms with van der Waals surface area (Å²) in [5.74, 6) is -0.00616. The Kier molecular flexibility index (Phi) is 6.93. The summed E-state index contributed by atoms with van der Waals surface area (Å²) in [5, 5.41) is 11.8. The standard InChI is InChI=1S/C28H26N4O4/c1-34-27(33)26-30-31-28(36-26)29-16-15-22-18-32(17-20-9-4-2-5-10-20)25-23(22)13-8-14-24(25)35-19-21-11-6-3-7-12-21/h2-14,18H,15-17,19H2,1H3,(H,29,31). The number of nitrogens with one attached hydrogen (secondary N) is 1. The number of fused-ring (bicyclic) bond motifs is 1. The third kappa shape index (κ3) is 5.22. The Labute approximate surface area is 208 Å². The predicted octanol–water partition coefficient (Wildman–Crippen LogP) is 5.09. The van der Waals surface area contributed by atoms with E-state index in [0.717, 1.165) is 34.3 Å². The van der Waals surface area contributed by atoms with Gasteiger partial charge in [-0.25, -0.2) is 4.79 Å². The van der Waals surface area contributed by atoms with E-state index in [1.54, 1.807) is 0 Å². The first-order valence-corrected chi connectivity index (χ1v) is 11.7. The highest BCUT2D eigenvalue weighted by molar-refractivity contribution is 5.89. The molecule has 5 rings (SSSR count). The summed E-state index contributed by atoms with van der Waals surface area (Å²) < 4.78 is 18.4. The number of methoxy groups -OCH3 is 1. The van der Waals surface area contributed by atoms with Crippen LogP contribution in [0.4, 0.5) is 6.01 Å². The van der Waals surface area contributed by atoms with Crippen LogP contribution in [-0.2, 0) is 24.3 Å². The Morgan fingerprint density at radius 2 is 1.69 bits per heavy atom. The number of carbonyl (C=O) groups excluding carboxylic acids is 1. The van der Waals surface area contributed by atoms with Crippen molar-refractivity contribution in [2.24, 2.45) is 0 Å². The van der Waals surface area contributed by atoms with Crippen molar-refractivity contribution in [3.8, 4) is 5.75 Å². The topological polar surface area (TPSA) is 91.4 Å². The Bertz CT molecular complexity index is 1440. The number of hydrogen-bond donors (Lipinski definition) is 1. The van der Waals surface area contributed by atoms with Crippen molar-refractivity contribution >= 4 is 22.9 Å². The highest BCUT2D eigenvalue weighted by atomic mass is 16.5. The van der Waals surface area contributed by atoms with E-state index in [0.29, 0.717) is 19.6 Å². The highest BCUT2D eigenvalue weighted by Gasteiger charge is 2.16. The number of esters is 1. The first kappa shape index (κ1) is 23.2. The molecule has 0 radical (unpaired) electrons. The lowest BCUT2D eigenvalue weighted by atomic mass is 10.1. The van der Waals surface area contributed by atoms with Gasteiger partial charge in [0.15, 0.2) is 0 Å². The fourth-order valence-electron chi connectivity index (χ4n) is 4.12. The van der Waals surface area contributed by atoms with Gasteiger partial charge in [-0.15, -0.1) is 0 Å². The molecule has 0 aliphatic carbocycles. The minimum atomic E-state index is -0.664. The lowest BCUT2D eigenvalue weighted by Gasteiger charge is -2.12. The van der Waals surface area contributed by atoms with Crippen LogP contribution in [0.3, 0.4) is 0 Å². The predicted molar refractivity (Wildman–Crippen MR) is 136 cm³/mol. The number of anilines is 1. The molecule has 1 N–H and O–H groups in total. The molecule has 0 amide bonds. The van der Waals surface area contributed by atoms with Crippen LogP contribution in [0.15, 0.2) is 89.5 Å². The zero-order valence-corrected chi connectivity index (χ0v) is 19.9. The number of rotatable bonds is 10. The molecule has 0 saturated heterocycles. The van der Waals surface area contributed by atoms with Crippen LogP contribution in [-0.4, -0.2) is 34.4 Å². The zero-order valence-electron chi connectivity index (χ0n) is 19.9. The molecule has 0 saturated carbocycles. The lowest BCUT2D eigenvalue weighted by molar-refractivity contribution is 0.0557. The largest absolute Gasteiger partial charge is 0.487 e. The Morgan fingerprint density at radius 1 is 0.944 bits per heavy atom. The van der Waals surface area contributed by atoms with Crippen molar-refractivity contribution in [2.45, 2.75) is 19.6 Å². The van der Waals surface area contributed by atoms with Crippen LogP contribution in [0.2, 0.25) is 0 Å². The molecule has 182 valence electrons. The quantitative estimate of drug-likeness (QED) is 0.277. The van der Waals surface area contributed by atoms with Crippen molar-refractivity contribution < 1.29 is 18.7 Å². The number of para-hydroxylation sites is 1. The van der Waals surface area contributed by atoms with E-state index in [1.807, 2.05) is 48.5 Å². The van der Waals surface area contributed by atoms with E-state index in [-0.39, 0.29) is 11.9 Å². The zero-order chi connectivity index (χ0) is 24.7. The summed E-state index contributed by atoms with van der Waals surface area (Å²) in [6.07, 6.45) is 2.87. The average Bonchev–Trinajstić information content (AvgIpc) is 3.54. The van der Waals surface area contributed by atoms with Gasteiger partial charge in [-0.2, -0.15) is 0 Å². The molecule has 36 heavy (non-hydrogen) atoms. The van der Waals surface area contributed by atoms with Gasteiger partial charge >= 0.3 is 17.9 Å². The van der Waals surface area contributed by atoms with Gasteiger partial charge in [0.2, 0.25) is 0 Å². The summed E-state index contributed by atoms with van der Waals surface area (Å²) in [5.41, 5.74) is 4.54. The Morgan fingerprint density at radius 3 is 2.44 bits per heavy atom. The molecule has 0 unspecified atom stereocenters. The Balaban J connectivity index is 1.39. The number of carbonyl (C=O) groups is 1. The monoisotopic (exact) mass is 482 g/mol. The maximum Gasteiger partial charge on any atom is 0.396 e. The van der Waals surface area contributed by atoms with Crippen molar-refractivity contribution in [1.29, 1.82) is 0 Å². The van der Waals surface area contributed by atoms with Crippen LogP contribution in [0.25, 0.3) is 10.9 Å². The minimum absolute atomic E-state index is 0.176. The summed E-state index contributed by atoms with van der Waals surface area (Å²) in [4.78, 5) is 11.5. The van der Waals surface area contributed by atoms with E-state index in [4.69, 9.17) is 9.15 Å². The third-order valence-electron chi connectivity index (χ3n) is 5.83. The molecule has 8 heteroatoms. The van der Waals surface area contributed by atoms with Gasteiger partial charge in [-0.3, -0.25) is 0 Å². The van der Waals surface area contributed by atoms with Gasteiger partial charge in [0.1, 0.15) is 12.4 Å². The summed E-state index contributed by atoms with van der Waals surface area (Å²) in [6, 6.07) is 26.8. The molecule has 0 aliphatic heterocycles. The fraction of sp³-hybridized carbons (Fsp3) is 0.179. The van der Waals surface area contributed by atoms with Gasteiger partial charge < -0.3 is 23.8 Å². The molecule has 2 aromatic heterocycles. The highest BCUT2D eigenvalue weighted by Crippen LogP contribution is 2.31. The summed E-state index contributed by atoms with van der Waals surface area (Å²) in [6.45, 7) is 1.76. The van der Waals surface area contributed by atoms with E-state index in [1.165, 1.54) is 12.7 Å². The second-order valence-corrected chi connectivity index (χ2v) is 8.28. The smallest absolute Gasteiger partial charge is 0.396 e. The minimum Gasteiger partial charge on any atom is -0.487 e. The van der Waals surface area contributed by atoms with Gasteiger partial charge in [0.25, 0.3) is 0 Å². The van der Waals surface area contributed by atoms with Crippen LogP contribution in [0.1, 0.15) is 27.4 Å². The molecule has 8 nitrogen and oxygen atoms in total. The Hall–Kier alpha value is -4.59. The molecule has 0 spiro atoms. The second kappa shape index (κ2) is 10.8. The summed E-state index contributed by atoms with van der Waals surface area (Å²) in [7, 11) is 1.27. The van der Waals surface area contributed by atoms with E-state index < -0.39 is 5.97 Å². The molecule has 0 atom stereocenters. The molecule has 2 heterocycles.